The molecule has 1 aromatic heterocycles. The zero-order valence-corrected chi connectivity index (χ0v) is 8.04. The molecule has 0 aliphatic rings. The maximum Gasteiger partial charge on any atom is 0.175 e. The van der Waals surface area contributed by atoms with Gasteiger partial charge < -0.3 is 9.97 Å². The summed E-state index contributed by atoms with van der Waals surface area (Å²) in [5, 5.41) is 8.22. The molecule has 2 aromatic rings. The normalized spacial score (nSPS) is 10.8. The quantitative estimate of drug-likeness (QED) is 0.311. The fourth-order valence-electron chi connectivity index (χ4n) is 1.11. The van der Waals surface area contributed by atoms with Gasteiger partial charge in [-0.25, -0.2) is 5.26 Å². The number of aromatic nitrogens is 2. The highest BCUT2D eigenvalue weighted by atomic mass is 32.2. The lowest BCUT2D eigenvalue weighted by Gasteiger charge is -1.94. The number of benzene rings is 1. The first-order valence-corrected chi connectivity index (χ1v) is 4.65. The van der Waals surface area contributed by atoms with Crippen LogP contribution >= 0.6 is 24.3 Å². The number of imidazole rings is 1. The molecule has 3 N–H and O–H groups in total. The Bertz CT molecular complexity index is 477. The van der Waals surface area contributed by atoms with Crippen LogP contribution in [-0.2, 0) is 4.33 Å². The summed E-state index contributed by atoms with van der Waals surface area (Å²) < 4.78 is 4.54. The topological polar surface area (TPSA) is 61.0 Å². The van der Waals surface area contributed by atoms with Gasteiger partial charge in [-0.05, 0) is 30.4 Å². The van der Waals surface area contributed by atoms with Crippen molar-refractivity contribution in [2.45, 2.75) is 4.90 Å². The number of H-pyrrole nitrogens is 2. The van der Waals surface area contributed by atoms with Gasteiger partial charge in [0.2, 0.25) is 0 Å². The molecule has 0 spiro atoms. The molecule has 6 heteroatoms. The lowest BCUT2D eigenvalue weighted by molar-refractivity contribution is -0.116. The Kier molecular flexibility index (Phi) is 2.36. The lowest BCUT2D eigenvalue weighted by Crippen LogP contribution is -1.74. The minimum atomic E-state index is 0.585. The van der Waals surface area contributed by atoms with Crippen LogP contribution in [0.5, 0.6) is 0 Å². The van der Waals surface area contributed by atoms with Crippen molar-refractivity contribution < 1.29 is 9.59 Å². The number of hydrogen-bond donors (Lipinski definition) is 3. The van der Waals surface area contributed by atoms with Crippen LogP contribution in [-0.4, -0.2) is 15.2 Å². The van der Waals surface area contributed by atoms with Gasteiger partial charge in [-0.15, -0.1) is 0 Å². The van der Waals surface area contributed by atoms with Crippen molar-refractivity contribution in [1.82, 2.24) is 9.97 Å². The van der Waals surface area contributed by atoms with Crippen molar-refractivity contribution in [3.05, 3.63) is 23.0 Å². The van der Waals surface area contributed by atoms with Gasteiger partial charge in [0.25, 0.3) is 0 Å². The first-order valence-electron chi connectivity index (χ1n) is 3.50. The van der Waals surface area contributed by atoms with E-state index < -0.39 is 0 Å². The zero-order valence-electron chi connectivity index (χ0n) is 6.40. The highest BCUT2D eigenvalue weighted by Gasteiger charge is 1.99. The van der Waals surface area contributed by atoms with E-state index in [0.29, 0.717) is 4.77 Å². The second kappa shape index (κ2) is 3.51. The summed E-state index contributed by atoms with van der Waals surface area (Å²) in [5.41, 5.74) is 1.83. The summed E-state index contributed by atoms with van der Waals surface area (Å²) in [6.45, 7) is 0. The molecule has 0 radical (unpaired) electrons. The Morgan fingerprint density at radius 2 is 2.08 bits per heavy atom. The third-order valence-electron chi connectivity index (χ3n) is 1.62. The third-order valence-corrected chi connectivity index (χ3v) is 2.35. The highest BCUT2D eigenvalue weighted by Crippen LogP contribution is 2.21. The largest absolute Gasteiger partial charge is 0.331 e. The number of fused-ring (bicyclic) bond motifs is 1. The molecule has 68 valence electrons. The smallest absolute Gasteiger partial charge is 0.175 e. The van der Waals surface area contributed by atoms with Crippen LogP contribution in [0.4, 0.5) is 0 Å². The molecular weight excluding hydrogens is 208 g/mol. The maximum absolute atomic E-state index is 8.22. The second-order valence-corrected chi connectivity index (χ2v) is 3.64. The molecular formula is C7H6N2O2S2. The van der Waals surface area contributed by atoms with Crippen LogP contribution < -0.4 is 0 Å². The lowest BCUT2D eigenvalue weighted by atomic mass is 10.3. The van der Waals surface area contributed by atoms with Crippen molar-refractivity contribution in [1.29, 1.82) is 0 Å². The molecule has 0 fully saturated rings. The molecule has 0 amide bonds. The Morgan fingerprint density at radius 1 is 1.31 bits per heavy atom. The third kappa shape index (κ3) is 1.75. The van der Waals surface area contributed by atoms with E-state index in [1.54, 1.807) is 0 Å². The van der Waals surface area contributed by atoms with Gasteiger partial charge in [0.1, 0.15) is 0 Å². The molecule has 0 aliphatic heterocycles. The summed E-state index contributed by atoms with van der Waals surface area (Å²) in [5.74, 6) is 0. The van der Waals surface area contributed by atoms with E-state index in [9.17, 15) is 0 Å². The predicted octanol–water partition coefficient (Wildman–Crippen LogP) is 2.72. The van der Waals surface area contributed by atoms with E-state index in [1.807, 2.05) is 18.2 Å². The molecule has 1 heterocycles. The first-order chi connectivity index (χ1) is 6.29. The predicted molar refractivity (Wildman–Crippen MR) is 53.1 cm³/mol. The Labute approximate surface area is 83.1 Å². The van der Waals surface area contributed by atoms with E-state index in [1.165, 1.54) is 0 Å². The summed E-state index contributed by atoms with van der Waals surface area (Å²) in [4.78, 5) is 6.75. The maximum atomic E-state index is 8.22. The fourth-order valence-corrected chi connectivity index (χ4v) is 1.70. The molecule has 0 saturated heterocycles. The second-order valence-electron chi connectivity index (χ2n) is 2.44. The van der Waals surface area contributed by atoms with Crippen LogP contribution in [0.3, 0.4) is 0 Å². The summed E-state index contributed by atoms with van der Waals surface area (Å²) in [6, 6.07) is 5.52. The van der Waals surface area contributed by atoms with E-state index in [4.69, 9.17) is 17.5 Å². The van der Waals surface area contributed by atoms with Gasteiger partial charge in [-0.1, -0.05) is 0 Å². The van der Waals surface area contributed by atoms with Crippen LogP contribution in [0.2, 0.25) is 0 Å². The average molecular weight is 214 g/mol. The Morgan fingerprint density at radius 3 is 2.85 bits per heavy atom. The summed E-state index contributed by atoms with van der Waals surface area (Å²) in [7, 11) is 0. The summed E-state index contributed by atoms with van der Waals surface area (Å²) >= 11 is 5.81. The van der Waals surface area contributed by atoms with Gasteiger partial charge in [0.15, 0.2) is 4.77 Å². The van der Waals surface area contributed by atoms with Crippen molar-refractivity contribution >= 4 is 35.3 Å². The molecule has 1 aromatic carbocycles. The molecule has 0 atom stereocenters. The zero-order chi connectivity index (χ0) is 9.26. The SMILES string of the molecule is OOSc1ccc2[nH]c(=S)[nH]c2c1. The molecule has 0 aliphatic carbocycles. The minimum Gasteiger partial charge on any atom is -0.331 e. The van der Waals surface area contributed by atoms with E-state index in [0.717, 1.165) is 28.0 Å². The number of aromatic amines is 2. The van der Waals surface area contributed by atoms with Crippen molar-refractivity contribution in [2.75, 3.05) is 0 Å². The van der Waals surface area contributed by atoms with Gasteiger partial charge in [0.05, 0.1) is 23.1 Å². The Hall–Kier alpha value is -0.820. The van der Waals surface area contributed by atoms with E-state index in [-0.39, 0.29) is 0 Å². The molecule has 0 bridgehead atoms. The van der Waals surface area contributed by atoms with Crippen LogP contribution in [0.25, 0.3) is 11.0 Å². The molecule has 0 unspecified atom stereocenters. The number of rotatable bonds is 2. The van der Waals surface area contributed by atoms with Crippen LogP contribution in [0, 0.1) is 4.77 Å². The molecule has 0 saturated carbocycles. The highest BCUT2D eigenvalue weighted by molar-refractivity contribution is 7.94. The fraction of sp³-hybridized carbons (Fsp3) is 0. The number of nitrogens with one attached hydrogen (secondary N) is 2. The van der Waals surface area contributed by atoms with Gasteiger partial charge >= 0.3 is 0 Å². The molecule has 4 nitrogen and oxygen atoms in total. The number of hydrogen-bond acceptors (Lipinski definition) is 4. The summed E-state index contributed by atoms with van der Waals surface area (Å²) in [6.07, 6.45) is 0. The van der Waals surface area contributed by atoms with Gasteiger partial charge in [-0.3, -0.25) is 0 Å². The van der Waals surface area contributed by atoms with Crippen LogP contribution in [0.15, 0.2) is 23.1 Å². The Balaban J connectivity index is 2.54. The van der Waals surface area contributed by atoms with E-state index >= 15 is 0 Å². The standard InChI is InChI=1S/C7H6N2O2S2/c10-11-13-4-1-2-5-6(3-4)9-7(12)8-5/h1-3,10H,(H2,8,9,12). The van der Waals surface area contributed by atoms with Crippen molar-refractivity contribution in [3.63, 3.8) is 0 Å². The van der Waals surface area contributed by atoms with Gasteiger partial charge in [-0.2, -0.15) is 4.33 Å². The molecule has 13 heavy (non-hydrogen) atoms. The van der Waals surface area contributed by atoms with Crippen molar-refractivity contribution in [2.24, 2.45) is 0 Å². The van der Waals surface area contributed by atoms with Crippen molar-refractivity contribution in [3.8, 4) is 0 Å². The minimum absolute atomic E-state index is 0.585. The molecule has 2 rings (SSSR count). The monoisotopic (exact) mass is 214 g/mol. The van der Waals surface area contributed by atoms with Crippen LogP contribution in [0.1, 0.15) is 0 Å². The van der Waals surface area contributed by atoms with Gasteiger partial charge in [0, 0.05) is 4.90 Å². The average Bonchev–Trinajstić information content (AvgIpc) is 2.44. The first kappa shape index (κ1) is 8.76. The van der Waals surface area contributed by atoms with E-state index in [2.05, 4.69) is 14.3 Å².